The van der Waals surface area contributed by atoms with E-state index >= 15 is 0 Å². The lowest BCUT2D eigenvalue weighted by atomic mass is 10.2. The topological polar surface area (TPSA) is 51.1 Å². The third-order valence-electron chi connectivity index (χ3n) is 2.72. The number of aromatic nitrogens is 1. The molecule has 0 bridgehead atoms. The summed E-state index contributed by atoms with van der Waals surface area (Å²) >= 11 is 3.23. The molecule has 0 fully saturated rings. The summed E-state index contributed by atoms with van der Waals surface area (Å²) in [5, 5.41) is 2.55. The fourth-order valence-corrected chi connectivity index (χ4v) is 2.03. The molecule has 0 radical (unpaired) electrons. The average molecular weight is 339 g/mol. The summed E-state index contributed by atoms with van der Waals surface area (Å²) in [6.45, 7) is 1.51. The van der Waals surface area contributed by atoms with Crippen molar-refractivity contribution in [3.05, 3.63) is 62.7 Å². The molecule has 1 amide bonds. The Kier molecular flexibility index (Phi) is 4.34. The SMILES string of the molecule is Cc1ccc(NC(=O)Cn2cc(Br)ccc2=O)cc1F. The molecule has 20 heavy (non-hydrogen) atoms. The highest BCUT2D eigenvalue weighted by Gasteiger charge is 2.07. The van der Waals surface area contributed by atoms with Crippen molar-refractivity contribution in [3.63, 3.8) is 0 Å². The number of nitrogens with zero attached hydrogens (tertiary/aromatic N) is 1. The third kappa shape index (κ3) is 3.54. The number of aryl methyl sites for hydroxylation is 1. The van der Waals surface area contributed by atoms with E-state index in [1.807, 2.05) is 0 Å². The summed E-state index contributed by atoms with van der Waals surface area (Å²) in [6.07, 6.45) is 1.53. The molecule has 4 nitrogen and oxygen atoms in total. The first-order valence-corrected chi connectivity index (χ1v) is 6.67. The van der Waals surface area contributed by atoms with Gasteiger partial charge < -0.3 is 9.88 Å². The Balaban J connectivity index is 2.11. The van der Waals surface area contributed by atoms with Crippen molar-refractivity contribution in [1.82, 2.24) is 4.57 Å². The van der Waals surface area contributed by atoms with Crippen LogP contribution in [0.25, 0.3) is 0 Å². The zero-order valence-electron chi connectivity index (χ0n) is 10.7. The second kappa shape index (κ2) is 6.00. The van der Waals surface area contributed by atoms with Crippen molar-refractivity contribution in [2.24, 2.45) is 0 Å². The lowest BCUT2D eigenvalue weighted by Crippen LogP contribution is -2.26. The number of rotatable bonds is 3. The molecule has 1 heterocycles. The summed E-state index contributed by atoms with van der Waals surface area (Å²) in [5.74, 6) is -0.782. The Morgan fingerprint density at radius 1 is 1.35 bits per heavy atom. The van der Waals surface area contributed by atoms with Gasteiger partial charge in [0.2, 0.25) is 5.91 Å². The first-order valence-electron chi connectivity index (χ1n) is 5.88. The van der Waals surface area contributed by atoms with Crippen LogP contribution < -0.4 is 10.9 Å². The van der Waals surface area contributed by atoms with Gasteiger partial charge in [0.05, 0.1) is 0 Å². The van der Waals surface area contributed by atoms with Crippen molar-refractivity contribution < 1.29 is 9.18 Å². The van der Waals surface area contributed by atoms with Crippen LogP contribution in [0.15, 0.2) is 45.8 Å². The molecule has 2 aromatic rings. The van der Waals surface area contributed by atoms with Gasteiger partial charge in [-0.05, 0) is 46.6 Å². The van der Waals surface area contributed by atoms with Gasteiger partial charge in [0.15, 0.2) is 0 Å². The zero-order valence-corrected chi connectivity index (χ0v) is 12.3. The molecule has 0 spiro atoms. The van der Waals surface area contributed by atoms with Crippen LogP contribution in [0.3, 0.4) is 0 Å². The van der Waals surface area contributed by atoms with Gasteiger partial charge in [-0.15, -0.1) is 0 Å². The second-order valence-corrected chi connectivity index (χ2v) is 5.24. The van der Waals surface area contributed by atoms with Crippen LogP contribution in [0, 0.1) is 12.7 Å². The van der Waals surface area contributed by atoms with E-state index in [1.165, 1.54) is 22.9 Å². The van der Waals surface area contributed by atoms with Crippen LogP contribution >= 0.6 is 15.9 Å². The Morgan fingerprint density at radius 3 is 2.80 bits per heavy atom. The zero-order chi connectivity index (χ0) is 14.7. The highest BCUT2D eigenvalue weighted by Crippen LogP contribution is 2.13. The molecule has 0 saturated carbocycles. The highest BCUT2D eigenvalue weighted by atomic mass is 79.9. The van der Waals surface area contributed by atoms with E-state index in [1.54, 1.807) is 25.1 Å². The van der Waals surface area contributed by atoms with E-state index in [9.17, 15) is 14.0 Å². The Labute approximate surface area is 123 Å². The molecular formula is C14H12BrFN2O2. The Hall–Kier alpha value is -1.95. The molecule has 0 aliphatic heterocycles. The number of nitrogens with one attached hydrogen (secondary N) is 1. The van der Waals surface area contributed by atoms with Crippen molar-refractivity contribution >= 4 is 27.5 Å². The second-order valence-electron chi connectivity index (χ2n) is 4.33. The Bertz CT molecular complexity index is 713. The minimum atomic E-state index is -0.395. The molecule has 1 aromatic carbocycles. The van der Waals surface area contributed by atoms with Crippen LogP contribution in [0.4, 0.5) is 10.1 Å². The minimum absolute atomic E-state index is 0.131. The molecule has 2 rings (SSSR count). The van der Waals surface area contributed by atoms with Crippen LogP contribution in [0.2, 0.25) is 0 Å². The molecule has 0 aliphatic carbocycles. The molecule has 6 heteroatoms. The lowest BCUT2D eigenvalue weighted by Gasteiger charge is -2.08. The van der Waals surface area contributed by atoms with Crippen LogP contribution in [0.1, 0.15) is 5.56 Å². The van der Waals surface area contributed by atoms with E-state index in [4.69, 9.17) is 0 Å². The smallest absolute Gasteiger partial charge is 0.251 e. The van der Waals surface area contributed by atoms with Gasteiger partial charge >= 0.3 is 0 Å². The summed E-state index contributed by atoms with van der Waals surface area (Å²) in [5.41, 5.74) is 0.589. The molecule has 0 unspecified atom stereocenters. The standard InChI is InChI=1S/C14H12BrFN2O2/c1-9-2-4-11(6-12(9)16)17-13(19)8-18-7-10(15)3-5-14(18)20/h2-7H,8H2,1H3,(H,17,19). The van der Waals surface area contributed by atoms with Crippen molar-refractivity contribution in [1.29, 1.82) is 0 Å². The van der Waals surface area contributed by atoms with Gasteiger partial charge in [-0.1, -0.05) is 6.07 Å². The fourth-order valence-electron chi connectivity index (χ4n) is 1.65. The first kappa shape index (κ1) is 14.5. The number of carbonyl (C=O) groups excluding carboxylic acids is 1. The van der Waals surface area contributed by atoms with Crippen molar-refractivity contribution in [2.75, 3.05) is 5.32 Å². The minimum Gasteiger partial charge on any atom is -0.324 e. The maximum absolute atomic E-state index is 13.4. The lowest BCUT2D eigenvalue weighted by molar-refractivity contribution is -0.116. The third-order valence-corrected chi connectivity index (χ3v) is 3.19. The molecule has 0 saturated heterocycles. The number of pyridine rings is 1. The van der Waals surface area contributed by atoms with Crippen LogP contribution in [-0.4, -0.2) is 10.5 Å². The Morgan fingerprint density at radius 2 is 2.10 bits per heavy atom. The average Bonchev–Trinajstić information content (AvgIpc) is 2.38. The van der Waals surface area contributed by atoms with E-state index in [0.29, 0.717) is 15.7 Å². The normalized spacial score (nSPS) is 10.3. The van der Waals surface area contributed by atoms with E-state index in [0.717, 1.165) is 0 Å². The number of amides is 1. The van der Waals surface area contributed by atoms with Crippen molar-refractivity contribution in [2.45, 2.75) is 13.5 Å². The molecule has 104 valence electrons. The quantitative estimate of drug-likeness (QED) is 0.935. The van der Waals surface area contributed by atoms with Crippen LogP contribution in [-0.2, 0) is 11.3 Å². The monoisotopic (exact) mass is 338 g/mol. The fraction of sp³-hybridized carbons (Fsp3) is 0.143. The summed E-state index contributed by atoms with van der Waals surface area (Å²) < 4.78 is 15.3. The molecule has 1 N–H and O–H groups in total. The summed E-state index contributed by atoms with van der Waals surface area (Å²) in [7, 11) is 0. The number of anilines is 1. The van der Waals surface area contributed by atoms with Gasteiger partial charge in [-0.3, -0.25) is 9.59 Å². The van der Waals surface area contributed by atoms with Gasteiger partial charge in [0.1, 0.15) is 12.4 Å². The maximum Gasteiger partial charge on any atom is 0.251 e. The first-order chi connectivity index (χ1) is 9.45. The van der Waals surface area contributed by atoms with Gasteiger partial charge in [-0.2, -0.15) is 0 Å². The largest absolute Gasteiger partial charge is 0.324 e. The van der Waals surface area contributed by atoms with Gasteiger partial charge in [0.25, 0.3) is 5.56 Å². The predicted molar refractivity (Wildman–Crippen MR) is 78.2 cm³/mol. The summed E-state index contributed by atoms with van der Waals surface area (Å²) in [4.78, 5) is 23.4. The number of benzene rings is 1. The van der Waals surface area contributed by atoms with Gasteiger partial charge in [0, 0.05) is 22.4 Å². The predicted octanol–water partition coefficient (Wildman–Crippen LogP) is 2.70. The molecule has 0 atom stereocenters. The van der Waals surface area contributed by atoms with Crippen LogP contribution in [0.5, 0.6) is 0 Å². The van der Waals surface area contributed by atoms with E-state index in [-0.39, 0.29) is 17.9 Å². The number of carbonyl (C=O) groups is 1. The number of hydrogen-bond donors (Lipinski definition) is 1. The highest BCUT2D eigenvalue weighted by molar-refractivity contribution is 9.10. The number of halogens is 2. The number of hydrogen-bond acceptors (Lipinski definition) is 2. The molecule has 1 aromatic heterocycles. The van der Waals surface area contributed by atoms with E-state index in [2.05, 4.69) is 21.2 Å². The summed E-state index contributed by atoms with van der Waals surface area (Å²) in [6, 6.07) is 7.40. The molecule has 0 aliphatic rings. The van der Waals surface area contributed by atoms with Gasteiger partial charge in [-0.25, -0.2) is 4.39 Å². The van der Waals surface area contributed by atoms with E-state index < -0.39 is 5.91 Å². The van der Waals surface area contributed by atoms with Crippen molar-refractivity contribution in [3.8, 4) is 0 Å². The maximum atomic E-state index is 13.4. The molecular weight excluding hydrogens is 327 g/mol.